The van der Waals surface area contributed by atoms with Crippen molar-refractivity contribution in [3.63, 3.8) is 0 Å². The van der Waals surface area contributed by atoms with E-state index in [0.29, 0.717) is 17.7 Å². The van der Waals surface area contributed by atoms with E-state index < -0.39 is 4.92 Å². The Labute approximate surface area is 118 Å². The SMILES string of the molecule is O=Cc1nnn(-c2ccc(Cl)c([N+](=O)[O-])c2)c1C1CC1. The maximum Gasteiger partial charge on any atom is 0.290 e. The maximum absolute atomic E-state index is 11.0. The highest BCUT2D eigenvalue weighted by atomic mass is 35.5. The molecular formula is C12H9ClN4O3. The lowest BCUT2D eigenvalue weighted by atomic mass is 10.2. The number of hydrogen-bond acceptors (Lipinski definition) is 5. The van der Waals surface area contributed by atoms with E-state index in [9.17, 15) is 14.9 Å². The van der Waals surface area contributed by atoms with E-state index in [2.05, 4.69) is 10.3 Å². The summed E-state index contributed by atoms with van der Waals surface area (Å²) < 4.78 is 1.48. The van der Waals surface area contributed by atoms with Crippen LogP contribution in [0.2, 0.25) is 5.02 Å². The van der Waals surface area contributed by atoms with Crippen LogP contribution in [0.3, 0.4) is 0 Å². The normalized spacial score (nSPS) is 14.2. The van der Waals surface area contributed by atoms with E-state index in [-0.39, 0.29) is 22.3 Å². The molecule has 102 valence electrons. The Morgan fingerprint density at radius 1 is 1.45 bits per heavy atom. The number of nitrogens with zero attached hydrogens (tertiary/aromatic N) is 4. The van der Waals surface area contributed by atoms with Gasteiger partial charge >= 0.3 is 0 Å². The highest BCUT2D eigenvalue weighted by Gasteiger charge is 2.32. The zero-order chi connectivity index (χ0) is 14.3. The highest BCUT2D eigenvalue weighted by Crippen LogP contribution is 2.42. The second-order valence-electron chi connectivity index (χ2n) is 4.56. The molecule has 0 amide bonds. The molecule has 1 saturated carbocycles. The summed E-state index contributed by atoms with van der Waals surface area (Å²) in [5.41, 5.74) is 1.26. The lowest BCUT2D eigenvalue weighted by Crippen LogP contribution is -2.03. The Balaban J connectivity index is 2.14. The van der Waals surface area contributed by atoms with Gasteiger partial charge < -0.3 is 0 Å². The Morgan fingerprint density at radius 2 is 2.20 bits per heavy atom. The van der Waals surface area contributed by atoms with Crippen LogP contribution < -0.4 is 0 Å². The van der Waals surface area contributed by atoms with Crippen LogP contribution in [0, 0.1) is 10.1 Å². The molecule has 20 heavy (non-hydrogen) atoms. The molecule has 1 aromatic heterocycles. The van der Waals surface area contributed by atoms with Gasteiger partial charge in [0.25, 0.3) is 5.69 Å². The van der Waals surface area contributed by atoms with Crippen LogP contribution >= 0.6 is 11.6 Å². The van der Waals surface area contributed by atoms with E-state index in [1.165, 1.54) is 16.8 Å². The smallest absolute Gasteiger partial charge is 0.290 e. The van der Waals surface area contributed by atoms with E-state index in [1.807, 2.05) is 0 Å². The van der Waals surface area contributed by atoms with Crippen molar-refractivity contribution in [3.05, 3.63) is 44.7 Å². The monoisotopic (exact) mass is 292 g/mol. The third kappa shape index (κ3) is 2.05. The van der Waals surface area contributed by atoms with Gasteiger partial charge in [-0.1, -0.05) is 16.8 Å². The third-order valence-corrected chi connectivity index (χ3v) is 3.50. The maximum atomic E-state index is 11.0. The molecule has 1 aliphatic rings. The van der Waals surface area contributed by atoms with Crippen molar-refractivity contribution in [2.45, 2.75) is 18.8 Å². The van der Waals surface area contributed by atoms with Gasteiger partial charge in [-0.15, -0.1) is 5.10 Å². The van der Waals surface area contributed by atoms with Crippen LogP contribution in [0.1, 0.15) is 34.9 Å². The number of hydrogen-bond donors (Lipinski definition) is 0. The summed E-state index contributed by atoms with van der Waals surface area (Å²) in [4.78, 5) is 21.4. The van der Waals surface area contributed by atoms with Gasteiger partial charge in [0.2, 0.25) is 0 Å². The average molecular weight is 293 g/mol. The molecule has 0 saturated heterocycles. The summed E-state index contributed by atoms with van der Waals surface area (Å²) in [5.74, 6) is 0.236. The summed E-state index contributed by atoms with van der Waals surface area (Å²) >= 11 is 5.78. The molecule has 0 atom stereocenters. The first-order chi connectivity index (χ1) is 9.61. The molecule has 1 aromatic carbocycles. The number of benzene rings is 1. The lowest BCUT2D eigenvalue weighted by molar-refractivity contribution is -0.384. The van der Waals surface area contributed by atoms with Gasteiger partial charge in [-0.2, -0.15) is 0 Å². The molecule has 1 aliphatic carbocycles. The Bertz CT molecular complexity index is 709. The van der Waals surface area contributed by atoms with Gasteiger partial charge in [0.15, 0.2) is 6.29 Å². The number of aldehydes is 1. The minimum absolute atomic E-state index is 0.0578. The number of nitro groups is 1. The summed E-state index contributed by atoms with van der Waals surface area (Å²) in [6.45, 7) is 0. The van der Waals surface area contributed by atoms with Crippen molar-refractivity contribution in [1.82, 2.24) is 15.0 Å². The number of carbonyl (C=O) groups is 1. The molecule has 0 N–H and O–H groups in total. The fourth-order valence-corrected chi connectivity index (χ4v) is 2.27. The van der Waals surface area contributed by atoms with Gasteiger partial charge in [-0.25, -0.2) is 4.68 Å². The predicted molar refractivity (Wildman–Crippen MR) is 70.4 cm³/mol. The first-order valence-electron chi connectivity index (χ1n) is 5.97. The molecule has 0 aliphatic heterocycles. The largest absolute Gasteiger partial charge is 0.296 e. The number of rotatable bonds is 4. The van der Waals surface area contributed by atoms with Crippen molar-refractivity contribution in [2.75, 3.05) is 0 Å². The number of carbonyl (C=O) groups excluding carboxylic acids is 1. The molecule has 1 fully saturated rings. The molecule has 0 radical (unpaired) electrons. The predicted octanol–water partition coefficient (Wildman–Crippen LogP) is 2.52. The van der Waals surface area contributed by atoms with Crippen LogP contribution in [0.15, 0.2) is 18.2 Å². The fraction of sp³-hybridized carbons (Fsp3) is 0.250. The van der Waals surface area contributed by atoms with Gasteiger partial charge in [-0.05, 0) is 25.0 Å². The van der Waals surface area contributed by atoms with Crippen molar-refractivity contribution in [3.8, 4) is 5.69 Å². The van der Waals surface area contributed by atoms with Crippen molar-refractivity contribution >= 4 is 23.6 Å². The van der Waals surface area contributed by atoms with Gasteiger partial charge in [0.1, 0.15) is 10.7 Å². The summed E-state index contributed by atoms with van der Waals surface area (Å²) in [6.07, 6.45) is 2.58. The molecule has 0 unspecified atom stereocenters. The van der Waals surface area contributed by atoms with Crippen molar-refractivity contribution in [2.24, 2.45) is 0 Å². The highest BCUT2D eigenvalue weighted by molar-refractivity contribution is 6.32. The summed E-state index contributed by atoms with van der Waals surface area (Å²) in [5, 5.41) is 18.7. The van der Waals surface area contributed by atoms with Crippen molar-refractivity contribution in [1.29, 1.82) is 0 Å². The van der Waals surface area contributed by atoms with Gasteiger partial charge in [0, 0.05) is 12.0 Å². The molecule has 0 spiro atoms. The van der Waals surface area contributed by atoms with Crippen LogP contribution in [0.4, 0.5) is 5.69 Å². The van der Waals surface area contributed by atoms with Crippen LogP contribution in [-0.2, 0) is 0 Å². The van der Waals surface area contributed by atoms with Crippen LogP contribution in [0.25, 0.3) is 5.69 Å². The molecule has 8 heteroatoms. The van der Waals surface area contributed by atoms with E-state index in [0.717, 1.165) is 12.8 Å². The standard InChI is InChI=1S/C12H9ClN4O3/c13-9-4-3-8(5-11(9)17(19)20)16-12(7-1-2-7)10(6-18)14-15-16/h3-7H,1-2H2. The average Bonchev–Trinajstić information content (AvgIpc) is 3.18. The molecule has 3 rings (SSSR count). The van der Waals surface area contributed by atoms with E-state index in [4.69, 9.17) is 11.6 Å². The number of nitro benzene ring substituents is 1. The second kappa shape index (κ2) is 4.68. The second-order valence-corrected chi connectivity index (χ2v) is 4.96. The van der Waals surface area contributed by atoms with E-state index in [1.54, 1.807) is 6.07 Å². The fourth-order valence-electron chi connectivity index (χ4n) is 2.09. The molecule has 0 bridgehead atoms. The Morgan fingerprint density at radius 3 is 2.80 bits per heavy atom. The summed E-state index contributed by atoms with van der Waals surface area (Å²) in [7, 11) is 0. The lowest BCUT2D eigenvalue weighted by Gasteiger charge is -2.06. The third-order valence-electron chi connectivity index (χ3n) is 3.18. The molecule has 7 nitrogen and oxygen atoms in total. The zero-order valence-corrected chi connectivity index (χ0v) is 10.9. The molecular weight excluding hydrogens is 284 g/mol. The zero-order valence-electron chi connectivity index (χ0n) is 10.2. The minimum atomic E-state index is -0.555. The Kier molecular flexibility index (Phi) is 2.98. The first kappa shape index (κ1) is 12.7. The van der Waals surface area contributed by atoms with E-state index >= 15 is 0 Å². The topological polar surface area (TPSA) is 90.9 Å². The molecule has 2 aromatic rings. The van der Waals surface area contributed by atoms with Gasteiger partial charge in [-0.3, -0.25) is 14.9 Å². The van der Waals surface area contributed by atoms with Crippen LogP contribution in [0.5, 0.6) is 0 Å². The van der Waals surface area contributed by atoms with Crippen LogP contribution in [-0.4, -0.2) is 26.2 Å². The van der Waals surface area contributed by atoms with Gasteiger partial charge in [0.05, 0.1) is 16.3 Å². The summed E-state index contributed by atoms with van der Waals surface area (Å²) in [6, 6.07) is 4.38. The quantitative estimate of drug-likeness (QED) is 0.490. The number of aromatic nitrogens is 3. The Hall–Kier alpha value is -2.28. The van der Waals surface area contributed by atoms with Crippen molar-refractivity contribution < 1.29 is 9.72 Å². The molecule has 1 heterocycles. The first-order valence-corrected chi connectivity index (χ1v) is 6.34. The number of halogens is 1. The minimum Gasteiger partial charge on any atom is -0.296 e.